The Bertz CT molecular complexity index is 572. The molecule has 0 aliphatic carbocycles. The first-order valence-electron chi connectivity index (χ1n) is 5.71. The van der Waals surface area contributed by atoms with Gasteiger partial charge in [0.2, 0.25) is 0 Å². The average Bonchev–Trinajstić information content (AvgIpc) is 2.40. The molecule has 2 rings (SSSR count). The van der Waals surface area contributed by atoms with Crippen LogP contribution in [0.3, 0.4) is 0 Å². The molecule has 0 aromatic heterocycles. The number of nitro groups is 1. The zero-order chi connectivity index (χ0) is 13.8. The highest BCUT2D eigenvalue weighted by Crippen LogP contribution is 2.20. The molecule has 0 saturated carbocycles. The van der Waals surface area contributed by atoms with Crippen LogP contribution in [0.1, 0.15) is 5.56 Å². The van der Waals surface area contributed by atoms with Crippen LogP contribution in [0, 0.1) is 10.1 Å². The van der Waals surface area contributed by atoms with E-state index in [9.17, 15) is 15.2 Å². The van der Waals surface area contributed by atoms with Crippen molar-refractivity contribution in [2.24, 2.45) is 0 Å². The molecule has 0 aliphatic heterocycles. The third-order valence-electron chi connectivity index (χ3n) is 2.77. The summed E-state index contributed by atoms with van der Waals surface area (Å²) in [5.74, 6) is 1.10. The van der Waals surface area contributed by atoms with Crippen LogP contribution in [-0.4, -0.2) is 16.3 Å². The molecule has 6 heteroatoms. The van der Waals surface area contributed by atoms with Gasteiger partial charge in [0.1, 0.15) is 17.8 Å². The number of rotatable bonds is 4. The third-order valence-corrected chi connectivity index (χ3v) is 4.61. The Morgan fingerprint density at radius 2 is 1.65 bits per heavy atom. The number of phenols is 1. The summed E-state index contributed by atoms with van der Waals surface area (Å²) in [5.41, 5.74) is 1.19. The van der Waals surface area contributed by atoms with Gasteiger partial charge in [-0.3, -0.25) is 10.1 Å². The van der Waals surface area contributed by atoms with E-state index >= 15 is 0 Å². The summed E-state index contributed by atoms with van der Waals surface area (Å²) in [6, 6.07) is 13.8. The lowest BCUT2D eigenvalue weighted by atomic mass is 10.2. The lowest BCUT2D eigenvalue weighted by Crippen LogP contribution is -3.00. The van der Waals surface area contributed by atoms with Crippen molar-refractivity contribution < 1.29 is 22.4 Å². The minimum Gasteiger partial charge on any atom is -1.00 e. The van der Waals surface area contributed by atoms with E-state index in [1.54, 1.807) is 24.3 Å². The van der Waals surface area contributed by atoms with E-state index in [0.717, 1.165) is 16.2 Å². The molecule has 0 bridgehead atoms. The fourth-order valence-electron chi connectivity index (χ4n) is 1.73. The summed E-state index contributed by atoms with van der Waals surface area (Å²) in [4.78, 5) is 11.3. The predicted molar refractivity (Wildman–Crippen MR) is 76.5 cm³/mol. The SMILES string of the molecule is C[S+](Cc1ccc([N+](=O)[O-])cc1)c1ccc(O)cc1.[Cl-]. The highest BCUT2D eigenvalue weighted by molar-refractivity contribution is 7.95. The standard InChI is InChI=1S/C14H13NO3S.ClH/c1-19(14-8-6-13(16)7-9-14)10-11-2-4-12(5-3-11)15(17)18;/h2-9H,10H2,1H3;1H. The van der Waals surface area contributed by atoms with Gasteiger partial charge in [-0.2, -0.15) is 0 Å². The highest BCUT2D eigenvalue weighted by Gasteiger charge is 2.16. The van der Waals surface area contributed by atoms with Crippen LogP contribution in [0.15, 0.2) is 53.4 Å². The van der Waals surface area contributed by atoms with Crippen LogP contribution in [0.2, 0.25) is 0 Å². The fraction of sp³-hybridized carbons (Fsp3) is 0.143. The number of non-ortho nitro benzene ring substituents is 1. The van der Waals surface area contributed by atoms with Crippen LogP contribution in [0.25, 0.3) is 0 Å². The Balaban J connectivity index is 0.00000200. The fourth-order valence-corrected chi connectivity index (χ4v) is 3.19. The van der Waals surface area contributed by atoms with Crippen molar-refractivity contribution in [1.82, 2.24) is 0 Å². The van der Waals surface area contributed by atoms with Gasteiger partial charge >= 0.3 is 0 Å². The second kappa shape index (κ2) is 7.17. The maximum Gasteiger partial charge on any atom is 0.269 e. The summed E-state index contributed by atoms with van der Waals surface area (Å²) < 4.78 is 0. The first kappa shape index (κ1) is 16.3. The normalized spacial score (nSPS) is 11.4. The van der Waals surface area contributed by atoms with Crippen molar-refractivity contribution in [3.63, 3.8) is 0 Å². The van der Waals surface area contributed by atoms with Crippen molar-refractivity contribution in [3.8, 4) is 5.75 Å². The average molecular weight is 312 g/mol. The van der Waals surface area contributed by atoms with Gasteiger partial charge in [-0.25, -0.2) is 0 Å². The molecule has 2 aromatic carbocycles. The Labute approximate surface area is 126 Å². The van der Waals surface area contributed by atoms with Gasteiger partial charge in [-0.1, -0.05) is 0 Å². The monoisotopic (exact) mass is 311 g/mol. The number of hydrogen-bond donors (Lipinski definition) is 1. The van der Waals surface area contributed by atoms with E-state index in [1.807, 2.05) is 12.1 Å². The maximum atomic E-state index is 10.6. The molecule has 1 N–H and O–H groups in total. The molecule has 0 amide bonds. The highest BCUT2D eigenvalue weighted by atomic mass is 35.5. The molecule has 2 aromatic rings. The molecular weight excluding hydrogens is 298 g/mol. The zero-order valence-electron chi connectivity index (χ0n) is 10.8. The predicted octanol–water partition coefficient (Wildman–Crippen LogP) is 0.112. The molecular formula is C14H14ClNO3S. The lowest BCUT2D eigenvalue weighted by molar-refractivity contribution is -0.384. The molecule has 0 heterocycles. The smallest absolute Gasteiger partial charge is 0.269 e. The van der Waals surface area contributed by atoms with Crippen LogP contribution in [0.4, 0.5) is 5.69 Å². The van der Waals surface area contributed by atoms with Crippen LogP contribution in [0.5, 0.6) is 5.75 Å². The summed E-state index contributed by atoms with van der Waals surface area (Å²) in [5, 5.41) is 19.8. The largest absolute Gasteiger partial charge is 1.00 e. The molecule has 0 aliphatic rings. The topological polar surface area (TPSA) is 63.4 Å². The zero-order valence-corrected chi connectivity index (χ0v) is 12.4. The number of nitro benzene ring substituents is 1. The van der Waals surface area contributed by atoms with Crippen molar-refractivity contribution in [3.05, 3.63) is 64.2 Å². The Morgan fingerprint density at radius 1 is 1.10 bits per heavy atom. The second-order valence-corrected chi connectivity index (χ2v) is 6.23. The molecule has 1 atom stereocenters. The number of hydrogen-bond acceptors (Lipinski definition) is 3. The number of phenolic OH excluding ortho intramolecular Hbond substituents is 1. The third kappa shape index (κ3) is 4.15. The lowest BCUT2D eigenvalue weighted by Gasteiger charge is -2.03. The Hall–Kier alpha value is -1.72. The first-order chi connectivity index (χ1) is 9.06. The number of halogens is 1. The Kier molecular flexibility index (Phi) is 5.85. The van der Waals surface area contributed by atoms with Gasteiger partial charge in [0, 0.05) is 28.6 Å². The van der Waals surface area contributed by atoms with Crippen LogP contribution in [-0.2, 0) is 16.6 Å². The number of aromatic hydroxyl groups is 1. The van der Waals surface area contributed by atoms with E-state index < -0.39 is 4.92 Å². The van der Waals surface area contributed by atoms with E-state index in [2.05, 4.69) is 6.26 Å². The van der Waals surface area contributed by atoms with Crippen LogP contribution < -0.4 is 12.4 Å². The van der Waals surface area contributed by atoms with E-state index in [-0.39, 0.29) is 34.7 Å². The van der Waals surface area contributed by atoms with E-state index in [0.29, 0.717) is 0 Å². The minimum atomic E-state index is -0.393. The molecule has 106 valence electrons. The summed E-state index contributed by atoms with van der Waals surface area (Å²) in [6.07, 6.45) is 2.12. The molecule has 0 radical (unpaired) electrons. The van der Waals surface area contributed by atoms with Gasteiger partial charge in [-0.05, 0) is 36.4 Å². The van der Waals surface area contributed by atoms with Crippen LogP contribution >= 0.6 is 0 Å². The maximum absolute atomic E-state index is 10.6. The molecule has 0 spiro atoms. The molecule has 0 fully saturated rings. The van der Waals surface area contributed by atoms with Gasteiger partial charge in [0.25, 0.3) is 5.69 Å². The second-order valence-electron chi connectivity index (χ2n) is 4.20. The van der Waals surface area contributed by atoms with Crippen molar-refractivity contribution >= 4 is 16.6 Å². The summed E-state index contributed by atoms with van der Waals surface area (Å²) >= 11 is 0. The van der Waals surface area contributed by atoms with Gasteiger partial charge < -0.3 is 17.5 Å². The molecule has 4 nitrogen and oxygen atoms in total. The van der Waals surface area contributed by atoms with E-state index in [1.165, 1.54) is 12.1 Å². The summed E-state index contributed by atoms with van der Waals surface area (Å²) in [6.45, 7) is 0. The Morgan fingerprint density at radius 3 is 2.15 bits per heavy atom. The van der Waals surface area contributed by atoms with Crippen molar-refractivity contribution in [2.75, 3.05) is 6.26 Å². The van der Waals surface area contributed by atoms with Crippen molar-refractivity contribution in [2.45, 2.75) is 10.6 Å². The first-order valence-corrected chi connectivity index (χ1v) is 7.51. The molecule has 0 saturated heterocycles. The minimum absolute atomic E-state index is 0. The number of nitrogens with zero attached hydrogens (tertiary/aromatic N) is 1. The van der Waals surface area contributed by atoms with Gasteiger partial charge in [-0.15, -0.1) is 0 Å². The van der Waals surface area contributed by atoms with Crippen molar-refractivity contribution in [1.29, 1.82) is 0 Å². The molecule has 1 unspecified atom stereocenters. The quantitative estimate of drug-likeness (QED) is 0.495. The summed E-state index contributed by atoms with van der Waals surface area (Å²) in [7, 11) is 0.00907. The molecule has 20 heavy (non-hydrogen) atoms. The van der Waals surface area contributed by atoms with E-state index in [4.69, 9.17) is 0 Å². The van der Waals surface area contributed by atoms with Gasteiger partial charge in [0.05, 0.1) is 4.92 Å². The number of benzene rings is 2. The van der Waals surface area contributed by atoms with Gasteiger partial charge in [0.15, 0.2) is 4.90 Å².